The first-order chi connectivity index (χ1) is 10.7. The number of imidazole rings is 1. The first kappa shape index (κ1) is 16.2. The SMILES string of the molecule is CCC(CC)C(O)CNC(=O)c1cccc(-n2ccnc2)c1. The summed E-state index contributed by atoms with van der Waals surface area (Å²) in [6.07, 6.45) is 6.52. The lowest BCUT2D eigenvalue weighted by Crippen LogP contribution is -2.36. The number of carbonyl (C=O) groups is 1. The molecule has 0 saturated carbocycles. The third-order valence-electron chi connectivity index (χ3n) is 3.98. The topological polar surface area (TPSA) is 67.2 Å². The van der Waals surface area contributed by atoms with Gasteiger partial charge in [0.2, 0.25) is 0 Å². The molecule has 1 unspecified atom stereocenters. The normalized spacial score (nSPS) is 12.4. The van der Waals surface area contributed by atoms with E-state index in [-0.39, 0.29) is 18.4 Å². The predicted octanol–water partition coefficient (Wildman–Crippen LogP) is 2.40. The molecular weight excluding hydrogens is 278 g/mol. The molecule has 0 aliphatic heterocycles. The van der Waals surface area contributed by atoms with E-state index in [0.717, 1.165) is 18.5 Å². The van der Waals surface area contributed by atoms with Crippen LogP contribution in [0.5, 0.6) is 0 Å². The van der Waals surface area contributed by atoms with Gasteiger partial charge in [0, 0.05) is 30.2 Å². The number of hydrogen-bond donors (Lipinski definition) is 2. The molecule has 1 heterocycles. The van der Waals surface area contributed by atoms with E-state index in [1.54, 1.807) is 24.7 Å². The quantitative estimate of drug-likeness (QED) is 0.825. The third kappa shape index (κ3) is 3.95. The van der Waals surface area contributed by atoms with E-state index in [2.05, 4.69) is 10.3 Å². The van der Waals surface area contributed by atoms with Crippen molar-refractivity contribution in [2.75, 3.05) is 6.54 Å². The maximum Gasteiger partial charge on any atom is 0.251 e. The summed E-state index contributed by atoms with van der Waals surface area (Å²) in [4.78, 5) is 16.2. The molecule has 1 aromatic heterocycles. The predicted molar refractivity (Wildman–Crippen MR) is 86.0 cm³/mol. The lowest BCUT2D eigenvalue weighted by molar-refractivity contribution is 0.0816. The van der Waals surface area contributed by atoms with Crippen LogP contribution in [0.15, 0.2) is 43.0 Å². The van der Waals surface area contributed by atoms with Gasteiger partial charge in [0.1, 0.15) is 0 Å². The second kappa shape index (κ2) is 7.75. The molecule has 2 aromatic rings. The molecule has 2 N–H and O–H groups in total. The van der Waals surface area contributed by atoms with Gasteiger partial charge in [-0.05, 0) is 24.1 Å². The molecule has 5 nitrogen and oxygen atoms in total. The average Bonchev–Trinajstić information content (AvgIpc) is 3.08. The molecular formula is C17H23N3O2. The summed E-state index contributed by atoms with van der Waals surface area (Å²) < 4.78 is 1.84. The summed E-state index contributed by atoms with van der Waals surface area (Å²) in [5.41, 5.74) is 1.45. The molecule has 0 bridgehead atoms. The van der Waals surface area contributed by atoms with Crippen molar-refractivity contribution in [3.05, 3.63) is 48.5 Å². The van der Waals surface area contributed by atoms with Crippen molar-refractivity contribution in [2.24, 2.45) is 5.92 Å². The van der Waals surface area contributed by atoms with Crippen LogP contribution in [-0.4, -0.2) is 33.2 Å². The Morgan fingerprint density at radius 2 is 2.14 bits per heavy atom. The van der Waals surface area contributed by atoms with Crippen molar-refractivity contribution >= 4 is 5.91 Å². The van der Waals surface area contributed by atoms with Crippen molar-refractivity contribution in [2.45, 2.75) is 32.8 Å². The molecule has 0 fully saturated rings. The fourth-order valence-electron chi connectivity index (χ4n) is 2.52. The molecule has 0 aliphatic rings. The van der Waals surface area contributed by atoms with Gasteiger partial charge in [0.15, 0.2) is 0 Å². The van der Waals surface area contributed by atoms with Crippen LogP contribution in [0.2, 0.25) is 0 Å². The second-order valence-corrected chi connectivity index (χ2v) is 5.37. The van der Waals surface area contributed by atoms with E-state index >= 15 is 0 Å². The van der Waals surface area contributed by atoms with Crippen LogP contribution in [0.1, 0.15) is 37.0 Å². The molecule has 0 saturated heterocycles. The summed E-state index contributed by atoms with van der Waals surface area (Å²) in [6.45, 7) is 4.38. The first-order valence-electron chi connectivity index (χ1n) is 7.70. The molecule has 5 heteroatoms. The van der Waals surface area contributed by atoms with Crippen LogP contribution >= 0.6 is 0 Å². The Kier molecular flexibility index (Phi) is 5.72. The van der Waals surface area contributed by atoms with Gasteiger partial charge in [-0.2, -0.15) is 0 Å². The standard InChI is InChI=1S/C17H23N3O2/c1-3-13(4-2)16(21)11-19-17(22)14-6-5-7-15(10-14)20-9-8-18-12-20/h5-10,12-13,16,21H,3-4,11H2,1-2H3,(H,19,22). The number of amides is 1. The van der Waals surface area contributed by atoms with Crippen molar-refractivity contribution < 1.29 is 9.90 Å². The second-order valence-electron chi connectivity index (χ2n) is 5.37. The number of aliphatic hydroxyl groups excluding tert-OH is 1. The highest BCUT2D eigenvalue weighted by Crippen LogP contribution is 2.13. The number of aromatic nitrogens is 2. The van der Waals surface area contributed by atoms with E-state index in [9.17, 15) is 9.90 Å². The van der Waals surface area contributed by atoms with E-state index in [4.69, 9.17) is 0 Å². The van der Waals surface area contributed by atoms with Crippen LogP contribution in [0.3, 0.4) is 0 Å². The van der Waals surface area contributed by atoms with Gasteiger partial charge in [-0.3, -0.25) is 4.79 Å². The number of hydrogen-bond acceptors (Lipinski definition) is 3. The molecule has 1 aromatic carbocycles. The fraction of sp³-hybridized carbons (Fsp3) is 0.412. The minimum absolute atomic E-state index is 0.174. The molecule has 22 heavy (non-hydrogen) atoms. The van der Waals surface area contributed by atoms with E-state index in [0.29, 0.717) is 5.56 Å². The molecule has 118 valence electrons. The Morgan fingerprint density at radius 1 is 1.36 bits per heavy atom. The van der Waals surface area contributed by atoms with Crippen LogP contribution in [0.4, 0.5) is 0 Å². The number of carbonyl (C=O) groups excluding carboxylic acids is 1. The number of rotatable bonds is 7. The molecule has 0 spiro atoms. The highest BCUT2D eigenvalue weighted by atomic mass is 16.3. The zero-order valence-corrected chi connectivity index (χ0v) is 13.1. The highest BCUT2D eigenvalue weighted by Gasteiger charge is 2.16. The Labute approximate surface area is 131 Å². The van der Waals surface area contributed by atoms with Crippen molar-refractivity contribution in [1.82, 2.24) is 14.9 Å². The zero-order chi connectivity index (χ0) is 15.9. The monoisotopic (exact) mass is 301 g/mol. The first-order valence-corrected chi connectivity index (χ1v) is 7.70. The van der Waals surface area contributed by atoms with Crippen molar-refractivity contribution in [3.63, 3.8) is 0 Å². The van der Waals surface area contributed by atoms with Gasteiger partial charge in [0.25, 0.3) is 5.91 Å². The Bertz CT molecular complexity index is 592. The maximum absolute atomic E-state index is 12.2. The summed E-state index contributed by atoms with van der Waals surface area (Å²) >= 11 is 0. The summed E-state index contributed by atoms with van der Waals surface area (Å²) in [7, 11) is 0. The Balaban J connectivity index is 2.00. The molecule has 1 amide bonds. The Morgan fingerprint density at radius 3 is 2.77 bits per heavy atom. The highest BCUT2D eigenvalue weighted by molar-refractivity contribution is 5.94. The lowest BCUT2D eigenvalue weighted by Gasteiger charge is -2.20. The number of benzene rings is 1. The zero-order valence-electron chi connectivity index (χ0n) is 13.1. The van der Waals surface area contributed by atoms with Gasteiger partial charge in [-0.1, -0.05) is 32.8 Å². The lowest BCUT2D eigenvalue weighted by atomic mass is 9.96. The number of nitrogens with zero attached hydrogens (tertiary/aromatic N) is 2. The smallest absolute Gasteiger partial charge is 0.251 e. The molecule has 2 rings (SSSR count). The van der Waals surface area contributed by atoms with Gasteiger partial charge in [-0.15, -0.1) is 0 Å². The minimum Gasteiger partial charge on any atom is -0.391 e. The number of aliphatic hydroxyl groups is 1. The van der Waals surface area contributed by atoms with Gasteiger partial charge < -0.3 is 15.0 Å². The van der Waals surface area contributed by atoms with Gasteiger partial charge in [0.05, 0.1) is 12.4 Å². The molecule has 0 aliphatic carbocycles. The fourth-order valence-corrected chi connectivity index (χ4v) is 2.52. The van der Waals surface area contributed by atoms with Crippen LogP contribution in [-0.2, 0) is 0 Å². The maximum atomic E-state index is 12.2. The number of nitrogens with one attached hydrogen (secondary N) is 1. The Hall–Kier alpha value is -2.14. The summed E-state index contributed by atoms with van der Waals surface area (Å²) in [5.74, 6) is 0.0459. The third-order valence-corrected chi connectivity index (χ3v) is 3.98. The van der Waals surface area contributed by atoms with E-state index in [1.165, 1.54) is 0 Å². The minimum atomic E-state index is -0.504. The van der Waals surface area contributed by atoms with Gasteiger partial charge in [-0.25, -0.2) is 4.98 Å². The van der Waals surface area contributed by atoms with Crippen LogP contribution in [0.25, 0.3) is 5.69 Å². The molecule has 1 atom stereocenters. The largest absolute Gasteiger partial charge is 0.391 e. The average molecular weight is 301 g/mol. The van der Waals surface area contributed by atoms with E-state index in [1.807, 2.05) is 36.7 Å². The van der Waals surface area contributed by atoms with Crippen molar-refractivity contribution in [1.29, 1.82) is 0 Å². The molecule has 0 radical (unpaired) electrons. The van der Waals surface area contributed by atoms with E-state index < -0.39 is 6.10 Å². The van der Waals surface area contributed by atoms with Gasteiger partial charge >= 0.3 is 0 Å². The summed E-state index contributed by atoms with van der Waals surface area (Å²) in [5, 5.41) is 12.9. The summed E-state index contributed by atoms with van der Waals surface area (Å²) in [6, 6.07) is 7.32. The van der Waals surface area contributed by atoms with Crippen LogP contribution < -0.4 is 5.32 Å². The van der Waals surface area contributed by atoms with Crippen LogP contribution in [0, 0.1) is 5.92 Å². The van der Waals surface area contributed by atoms with Crippen molar-refractivity contribution in [3.8, 4) is 5.69 Å².